The van der Waals surface area contributed by atoms with Crippen LogP contribution in [0.5, 0.6) is 0 Å². The van der Waals surface area contributed by atoms with Crippen molar-refractivity contribution >= 4 is 12.8 Å². The fourth-order valence-corrected chi connectivity index (χ4v) is 1.07. The lowest BCUT2D eigenvalue weighted by Gasteiger charge is -2.05. The van der Waals surface area contributed by atoms with E-state index in [9.17, 15) is 19.2 Å². The van der Waals surface area contributed by atoms with Crippen LogP contribution in [0.2, 0.25) is 0 Å². The maximum absolute atomic E-state index is 11.7. The maximum Gasteiger partial charge on any atom is 0.425 e. The molecule has 1 aromatic rings. The zero-order chi connectivity index (χ0) is 13.5. The number of carbonyl (C=O) groups is 2. The van der Waals surface area contributed by atoms with Crippen LogP contribution in [-0.4, -0.2) is 28.6 Å². The van der Waals surface area contributed by atoms with E-state index in [2.05, 4.69) is 15.6 Å². The molecule has 0 fully saturated rings. The van der Waals surface area contributed by atoms with Gasteiger partial charge < -0.3 is 15.1 Å². The summed E-state index contributed by atoms with van der Waals surface area (Å²) in [5.41, 5.74) is -1.00. The molecule has 10 heteroatoms. The molecule has 0 aliphatic carbocycles. The average molecular weight is 257 g/mol. The molecule has 0 radical (unpaired) electrons. The standard InChI is InChI=1S/C8H11N5O5/c1-12-7(16)13(3-10-5-15)6(18-8(12)17)11-2-9-4-14/h4-5H,2-3H2,1H3,(H,9,14)(H,10,15)/b11-6-. The summed E-state index contributed by atoms with van der Waals surface area (Å²) in [5.74, 6) is -0.896. The lowest BCUT2D eigenvalue weighted by molar-refractivity contribution is -0.110. The summed E-state index contributed by atoms with van der Waals surface area (Å²) in [6.45, 7) is -0.374. The molecule has 0 aromatic carbocycles. The second kappa shape index (κ2) is 6.18. The van der Waals surface area contributed by atoms with Crippen LogP contribution in [0.15, 0.2) is 19.0 Å². The van der Waals surface area contributed by atoms with E-state index in [1.807, 2.05) is 0 Å². The molecule has 0 unspecified atom stereocenters. The molecular formula is C8H11N5O5. The van der Waals surface area contributed by atoms with Crippen LogP contribution < -0.4 is 27.8 Å². The predicted molar refractivity (Wildman–Crippen MR) is 57.0 cm³/mol. The van der Waals surface area contributed by atoms with Gasteiger partial charge in [0.2, 0.25) is 12.8 Å². The molecule has 0 aliphatic rings. The van der Waals surface area contributed by atoms with Gasteiger partial charge in [0, 0.05) is 7.05 Å². The highest BCUT2D eigenvalue weighted by Crippen LogP contribution is 1.68. The number of hydrogen-bond acceptors (Lipinski definition) is 6. The van der Waals surface area contributed by atoms with Gasteiger partial charge in [-0.1, -0.05) is 0 Å². The van der Waals surface area contributed by atoms with Gasteiger partial charge in [-0.2, -0.15) is 0 Å². The Labute approximate surface area is 99.6 Å². The summed E-state index contributed by atoms with van der Waals surface area (Å²) < 4.78 is 6.41. The Bertz CT molecular complexity index is 610. The van der Waals surface area contributed by atoms with Crippen LogP contribution in [-0.2, 0) is 23.3 Å². The molecule has 0 bridgehead atoms. The smallest absolute Gasteiger partial charge is 0.375 e. The highest BCUT2D eigenvalue weighted by molar-refractivity contribution is 5.45. The van der Waals surface area contributed by atoms with Crippen molar-refractivity contribution in [3.8, 4) is 0 Å². The highest BCUT2D eigenvalue weighted by Gasteiger charge is 2.06. The van der Waals surface area contributed by atoms with Gasteiger partial charge in [0.15, 0.2) is 0 Å². The largest absolute Gasteiger partial charge is 0.425 e. The predicted octanol–water partition coefficient (Wildman–Crippen LogP) is -3.55. The molecule has 1 heterocycles. The molecule has 18 heavy (non-hydrogen) atoms. The number of rotatable bonds is 6. The number of nitrogens with zero attached hydrogens (tertiary/aromatic N) is 3. The van der Waals surface area contributed by atoms with Crippen LogP contribution in [0, 0.1) is 0 Å². The van der Waals surface area contributed by atoms with E-state index in [4.69, 9.17) is 4.42 Å². The summed E-state index contributed by atoms with van der Waals surface area (Å²) in [4.78, 5) is 46.9. The van der Waals surface area contributed by atoms with Gasteiger partial charge in [0.25, 0.3) is 0 Å². The van der Waals surface area contributed by atoms with Gasteiger partial charge in [-0.25, -0.2) is 23.7 Å². The van der Waals surface area contributed by atoms with Crippen molar-refractivity contribution in [2.75, 3.05) is 6.67 Å². The minimum atomic E-state index is -0.896. The number of carbonyl (C=O) groups excluding carboxylic acids is 2. The molecule has 0 saturated heterocycles. The first kappa shape index (κ1) is 13.4. The lowest BCUT2D eigenvalue weighted by atomic mass is 10.8. The first-order valence-corrected chi connectivity index (χ1v) is 4.77. The monoisotopic (exact) mass is 257 g/mol. The second-order valence-corrected chi connectivity index (χ2v) is 3.04. The molecule has 1 rings (SSSR count). The molecule has 0 saturated carbocycles. The van der Waals surface area contributed by atoms with E-state index in [-0.39, 0.29) is 19.0 Å². The third kappa shape index (κ3) is 2.93. The topological polar surface area (TPSA) is 128 Å². The average Bonchev–Trinajstić information content (AvgIpc) is 2.36. The summed E-state index contributed by atoms with van der Waals surface area (Å²) in [6, 6.07) is 0. The van der Waals surface area contributed by atoms with Crippen LogP contribution in [0.25, 0.3) is 0 Å². The van der Waals surface area contributed by atoms with Gasteiger partial charge in [-0.3, -0.25) is 9.59 Å². The van der Waals surface area contributed by atoms with Crippen molar-refractivity contribution in [2.45, 2.75) is 6.67 Å². The third-order valence-corrected chi connectivity index (χ3v) is 1.92. The minimum Gasteiger partial charge on any atom is -0.375 e. The second-order valence-electron chi connectivity index (χ2n) is 3.04. The Morgan fingerprint density at radius 2 is 1.94 bits per heavy atom. The van der Waals surface area contributed by atoms with E-state index in [1.54, 1.807) is 0 Å². The summed E-state index contributed by atoms with van der Waals surface area (Å²) in [6.07, 6.45) is 0.779. The SMILES string of the molecule is Cn1c(=O)o/c(=N\CNC=O)n(CNC=O)c1=O. The molecule has 2 N–H and O–H groups in total. The van der Waals surface area contributed by atoms with Gasteiger partial charge in [0.05, 0.1) is 0 Å². The van der Waals surface area contributed by atoms with Gasteiger partial charge in [-0.15, -0.1) is 0 Å². The molecular weight excluding hydrogens is 246 g/mol. The fourth-order valence-electron chi connectivity index (χ4n) is 1.07. The van der Waals surface area contributed by atoms with Crippen LogP contribution in [0.4, 0.5) is 0 Å². The zero-order valence-corrected chi connectivity index (χ0v) is 9.45. The highest BCUT2D eigenvalue weighted by atomic mass is 16.4. The Hall–Kier alpha value is -2.65. The van der Waals surface area contributed by atoms with Crippen molar-refractivity contribution in [3.05, 3.63) is 26.7 Å². The third-order valence-electron chi connectivity index (χ3n) is 1.92. The number of nitrogens with one attached hydrogen (secondary N) is 2. The van der Waals surface area contributed by atoms with Gasteiger partial charge in [-0.05, 0) is 0 Å². The molecule has 0 aliphatic heterocycles. The maximum atomic E-state index is 11.7. The molecule has 0 spiro atoms. The molecule has 0 atom stereocenters. The molecule has 1 aromatic heterocycles. The van der Waals surface area contributed by atoms with Crippen molar-refractivity contribution < 1.29 is 14.0 Å². The fraction of sp³-hybridized carbons (Fsp3) is 0.375. The van der Waals surface area contributed by atoms with Crippen LogP contribution in [0.1, 0.15) is 0 Å². The summed E-state index contributed by atoms with van der Waals surface area (Å²) in [7, 11) is 1.22. The first-order valence-electron chi connectivity index (χ1n) is 4.77. The minimum absolute atomic E-state index is 0.166. The van der Waals surface area contributed by atoms with Crippen LogP contribution >= 0.6 is 0 Å². The van der Waals surface area contributed by atoms with Crippen molar-refractivity contribution in [2.24, 2.45) is 12.0 Å². The van der Waals surface area contributed by atoms with E-state index in [1.165, 1.54) is 7.05 Å². The Morgan fingerprint density at radius 3 is 2.56 bits per heavy atom. The Balaban J connectivity index is 3.33. The van der Waals surface area contributed by atoms with Gasteiger partial charge in [0.1, 0.15) is 13.3 Å². The van der Waals surface area contributed by atoms with E-state index in [0.717, 1.165) is 9.13 Å². The normalized spacial score (nSPS) is 11.1. The lowest BCUT2D eigenvalue weighted by Crippen LogP contribution is -2.48. The number of aromatic nitrogens is 2. The quantitative estimate of drug-likeness (QED) is 0.403. The Morgan fingerprint density at radius 1 is 1.28 bits per heavy atom. The van der Waals surface area contributed by atoms with Crippen molar-refractivity contribution in [3.63, 3.8) is 0 Å². The molecule has 10 nitrogen and oxygen atoms in total. The van der Waals surface area contributed by atoms with Crippen LogP contribution in [0.3, 0.4) is 0 Å². The summed E-state index contributed by atoms with van der Waals surface area (Å²) >= 11 is 0. The van der Waals surface area contributed by atoms with E-state index in [0.29, 0.717) is 12.8 Å². The Kier molecular flexibility index (Phi) is 4.60. The van der Waals surface area contributed by atoms with Crippen molar-refractivity contribution in [1.82, 2.24) is 19.8 Å². The first-order chi connectivity index (χ1) is 8.61. The number of amides is 2. The molecule has 2 amide bonds. The van der Waals surface area contributed by atoms with Gasteiger partial charge >= 0.3 is 17.1 Å². The van der Waals surface area contributed by atoms with E-state index < -0.39 is 11.4 Å². The van der Waals surface area contributed by atoms with Crippen molar-refractivity contribution in [1.29, 1.82) is 0 Å². The van der Waals surface area contributed by atoms with E-state index >= 15 is 0 Å². The zero-order valence-electron chi connectivity index (χ0n) is 9.45. The molecule has 98 valence electrons. The summed E-state index contributed by atoms with van der Waals surface area (Å²) in [5, 5.41) is 4.45. The number of hydrogen-bond donors (Lipinski definition) is 2.